The number of carbonyl (C=O) groups is 2. The van der Waals surface area contributed by atoms with Crippen molar-refractivity contribution in [3.05, 3.63) is 12.2 Å². The maximum absolute atomic E-state index is 12.5. The monoisotopic (exact) mass is 718 g/mol. The fourth-order valence-corrected chi connectivity index (χ4v) is 6.39. The van der Waals surface area contributed by atoms with Crippen LogP contribution in [0.4, 0.5) is 0 Å². The van der Waals surface area contributed by atoms with Crippen molar-refractivity contribution in [2.24, 2.45) is 5.73 Å². The second-order valence-corrected chi connectivity index (χ2v) is 15.0. The molecule has 0 aliphatic rings. The summed E-state index contributed by atoms with van der Waals surface area (Å²) in [6.45, 7) is 3.72. The van der Waals surface area contributed by atoms with E-state index < -0.39 is 26.5 Å². The molecule has 9 nitrogen and oxygen atoms in total. The number of carbonyl (C=O) groups excluding carboxylic acids is 2. The van der Waals surface area contributed by atoms with Crippen LogP contribution < -0.4 is 5.73 Å². The van der Waals surface area contributed by atoms with Crippen LogP contribution >= 0.6 is 7.82 Å². The highest BCUT2D eigenvalue weighted by atomic mass is 31.2. The number of ether oxygens (including phenoxy) is 2. The van der Waals surface area contributed by atoms with Crippen LogP contribution in [0.25, 0.3) is 0 Å². The van der Waals surface area contributed by atoms with Gasteiger partial charge in [-0.2, -0.15) is 0 Å². The zero-order valence-electron chi connectivity index (χ0n) is 31.7. The molecule has 0 spiro atoms. The highest BCUT2D eigenvalue weighted by molar-refractivity contribution is 7.47. The summed E-state index contributed by atoms with van der Waals surface area (Å²) in [7, 11) is -4.37. The number of phosphoric ester groups is 1. The minimum Gasteiger partial charge on any atom is -0.462 e. The third-order valence-electron chi connectivity index (χ3n) is 8.65. The Morgan fingerprint density at radius 3 is 1.45 bits per heavy atom. The zero-order chi connectivity index (χ0) is 36.1. The molecule has 10 heteroatoms. The zero-order valence-corrected chi connectivity index (χ0v) is 32.6. The lowest BCUT2D eigenvalue weighted by atomic mass is 10.1. The fraction of sp³-hybridized carbons (Fsp3) is 0.897. The molecule has 0 aliphatic heterocycles. The van der Waals surface area contributed by atoms with E-state index in [0.29, 0.717) is 6.42 Å². The van der Waals surface area contributed by atoms with Crippen LogP contribution in [0.3, 0.4) is 0 Å². The summed E-state index contributed by atoms with van der Waals surface area (Å²) in [5.41, 5.74) is 5.33. The highest BCUT2D eigenvalue weighted by Gasteiger charge is 2.26. The predicted octanol–water partition coefficient (Wildman–Crippen LogP) is 11.1. The minimum absolute atomic E-state index is 0.0552. The third kappa shape index (κ3) is 36.3. The van der Waals surface area contributed by atoms with E-state index in [-0.39, 0.29) is 38.6 Å². The summed E-state index contributed by atoms with van der Waals surface area (Å²) in [6.07, 6.45) is 35.2. The Hall–Kier alpha value is -1.25. The van der Waals surface area contributed by atoms with E-state index in [9.17, 15) is 19.0 Å². The largest absolute Gasteiger partial charge is 0.472 e. The second-order valence-electron chi connectivity index (χ2n) is 13.5. The lowest BCUT2D eigenvalue weighted by Gasteiger charge is -2.19. The molecular formula is C39H76NO8P. The summed E-state index contributed by atoms with van der Waals surface area (Å²) < 4.78 is 32.7. The first-order chi connectivity index (χ1) is 23.8. The Morgan fingerprint density at radius 2 is 1.00 bits per heavy atom. The van der Waals surface area contributed by atoms with Gasteiger partial charge in [-0.05, 0) is 38.5 Å². The smallest absolute Gasteiger partial charge is 0.462 e. The van der Waals surface area contributed by atoms with Crippen LogP contribution in [0, 0.1) is 0 Å². The molecule has 2 atom stereocenters. The topological polar surface area (TPSA) is 134 Å². The number of rotatable bonds is 38. The summed E-state index contributed by atoms with van der Waals surface area (Å²) in [5, 5.41) is 0. The van der Waals surface area contributed by atoms with Gasteiger partial charge in [0, 0.05) is 19.4 Å². The lowest BCUT2D eigenvalue weighted by Crippen LogP contribution is -2.29. The minimum atomic E-state index is -4.37. The molecule has 3 N–H and O–H groups in total. The summed E-state index contributed by atoms with van der Waals surface area (Å²) in [4.78, 5) is 34.7. The van der Waals surface area contributed by atoms with Crippen molar-refractivity contribution in [1.82, 2.24) is 0 Å². The average molecular weight is 718 g/mol. The van der Waals surface area contributed by atoms with E-state index in [2.05, 4.69) is 26.0 Å². The third-order valence-corrected chi connectivity index (χ3v) is 9.64. The van der Waals surface area contributed by atoms with Crippen molar-refractivity contribution >= 4 is 19.8 Å². The molecule has 0 heterocycles. The van der Waals surface area contributed by atoms with Crippen molar-refractivity contribution in [3.63, 3.8) is 0 Å². The lowest BCUT2D eigenvalue weighted by molar-refractivity contribution is -0.161. The van der Waals surface area contributed by atoms with Crippen molar-refractivity contribution < 1.29 is 37.6 Å². The SMILES string of the molecule is CCCCCCCC/C=C\CCCCCCCCCC(=O)O[C@H](COC(=O)CCCCCCCCCCCCC)COP(=O)(O)OCCN. The Morgan fingerprint density at radius 1 is 0.592 bits per heavy atom. The molecule has 0 aromatic carbocycles. The molecule has 0 aromatic rings. The molecule has 0 amide bonds. The molecule has 0 rings (SSSR count). The van der Waals surface area contributed by atoms with E-state index in [4.69, 9.17) is 24.3 Å². The van der Waals surface area contributed by atoms with Gasteiger partial charge >= 0.3 is 19.8 Å². The van der Waals surface area contributed by atoms with Gasteiger partial charge in [0.25, 0.3) is 0 Å². The maximum atomic E-state index is 12.5. The van der Waals surface area contributed by atoms with E-state index in [1.54, 1.807) is 0 Å². The van der Waals surface area contributed by atoms with Crippen molar-refractivity contribution in [2.45, 2.75) is 200 Å². The summed E-state index contributed by atoms with van der Waals surface area (Å²) in [6, 6.07) is 0. The summed E-state index contributed by atoms with van der Waals surface area (Å²) >= 11 is 0. The van der Waals surface area contributed by atoms with Crippen molar-refractivity contribution in [1.29, 1.82) is 0 Å². The number of hydrogen-bond acceptors (Lipinski definition) is 8. The molecule has 1 unspecified atom stereocenters. The number of phosphoric acid groups is 1. The van der Waals surface area contributed by atoms with Crippen LogP contribution in [0.1, 0.15) is 194 Å². The van der Waals surface area contributed by atoms with Crippen LogP contribution in [-0.2, 0) is 32.7 Å². The first-order valence-electron chi connectivity index (χ1n) is 20.2. The van der Waals surface area contributed by atoms with Crippen LogP contribution in [0.15, 0.2) is 12.2 Å². The highest BCUT2D eigenvalue weighted by Crippen LogP contribution is 2.43. The number of hydrogen-bond donors (Lipinski definition) is 2. The Labute approximate surface area is 300 Å². The van der Waals surface area contributed by atoms with Crippen molar-refractivity contribution in [3.8, 4) is 0 Å². The Bertz CT molecular complexity index is 825. The van der Waals surface area contributed by atoms with Gasteiger partial charge in [0.1, 0.15) is 6.61 Å². The molecule has 0 aliphatic carbocycles. The Kier molecular flexibility index (Phi) is 35.6. The maximum Gasteiger partial charge on any atom is 0.472 e. The molecule has 0 fully saturated rings. The summed E-state index contributed by atoms with van der Waals surface area (Å²) in [5.74, 6) is -0.828. The average Bonchev–Trinajstić information content (AvgIpc) is 3.08. The van der Waals surface area contributed by atoms with Gasteiger partial charge in [0.05, 0.1) is 13.2 Å². The quantitative estimate of drug-likeness (QED) is 0.0277. The molecular weight excluding hydrogens is 641 g/mol. The fourth-order valence-electron chi connectivity index (χ4n) is 5.63. The van der Waals surface area contributed by atoms with Gasteiger partial charge in [-0.3, -0.25) is 18.6 Å². The molecule has 49 heavy (non-hydrogen) atoms. The predicted molar refractivity (Wildman–Crippen MR) is 201 cm³/mol. The molecule has 0 bridgehead atoms. The van der Waals surface area contributed by atoms with Crippen LogP contribution in [0.2, 0.25) is 0 Å². The Balaban J connectivity index is 4.16. The number of unbranched alkanes of at least 4 members (excludes halogenated alkanes) is 23. The van der Waals surface area contributed by atoms with Gasteiger partial charge in [-0.15, -0.1) is 0 Å². The normalized spacial score (nSPS) is 13.5. The van der Waals surface area contributed by atoms with Gasteiger partial charge in [-0.25, -0.2) is 4.57 Å². The molecule has 0 aromatic heterocycles. The first-order valence-corrected chi connectivity index (χ1v) is 21.7. The van der Waals surface area contributed by atoms with Crippen LogP contribution in [0.5, 0.6) is 0 Å². The standard InChI is InChI=1S/C39H76NO8P/c1-3-5-7-9-11-13-15-16-17-18-19-20-22-24-26-28-30-32-39(42)48-37(36-47-49(43,44)46-34-33-40)35-45-38(41)31-29-27-25-23-21-14-12-10-8-6-4-2/h16-17,37H,3-15,18-36,40H2,1-2H3,(H,43,44)/b17-16-/t37-/m1/s1. The molecule has 0 saturated carbocycles. The number of nitrogens with two attached hydrogens (primary N) is 1. The molecule has 290 valence electrons. The van der Waals surface area contributed by atoms with Gasteiger partial charge in [0.2, 0.25) is 0 Å². The van der Waals surface area contributed by atoms with E-state index in [1.165, 1.54) is 116 Å². The van der Waals surface area contributed by atoms with E-state index in [0.717, 1.165) is 44.9 Å². The second kappa shape index (κ2) is 36.5. The van der Waals surface area contributed by atoms with Gasteiger partial charge in [-0.1, -0.05) is 154 Å². The van der Waals surface area contributed by atoms with Crippen molar-refractivity contribution in [2.75, 3.05) is 26.4 Å². The number of esters is 2. The molecule has 0 saturated heterocycles. The van der Waals surface area contributed by atoms with Crippen LogP contribution in [-0.4, -0.2) is 49.3 Å². The first kappa shape index (κ1) is 47.8. The number of allylic oxidation sites excluding steroid dienone is 2. The van der Waals surface area contributed by atoms with E-state index in [1.807, 2.05) is 0 Å². The van der Waals surface area contributed by atoms with Gasteiger partial charge in [0.15, 0.2) is 6.10 Å². The molecule has 0 radical (unpaired) electrons. The van der Waals surface area contributed by atoms with Gasteiger partial charge < -0.3 is 20.1 Å². The van der Waals surface area contributed by atoms with E-state index >= 15 is 0 Å².